The monoisotopic (exact) mass is 314 g/mol. The largest absolute Gasteiger partial charge is 0.416 e. The Morgan fingerprint density at radius 1 is 1.32 bits per heavy atom. The molecule has 2 rings (SSSR count). The molecule has 1 amide bonds. The summed E-state index contributed by atoms with van der Waals surface area (Å²) in [7, 11) is 0. The number of benzene rings is 1. The number of alkyl halides is 3. The molecule has 6 heteroatoms. The Hall–Kier alpha value is -1.56. The summed E-state index contributed by atoms with van der Waals surface area (Å²) < 4.78 is 39.0. The highest BCUT2D eigenvalue weighted by molar-refractivity contribution is 5.76. The first kappa shape index (κ1) is 16.8. The van der Waals surface area contributed by atoms with Gasteiger partial charge in [0.05, 0.1) is 11.6 Å². The SMILES string of the molecule is C[C@H](NC(=O)CC1CCNCC1)c1ccccc1C(F)(F)F. The summed E-state index contributed by atoms with van der Waals surface area (Å²) in [6, 6.07) is 4.71. The van der Waals surface area contributed by atoms with E-state index in [1.54, 1.807) is 13.0 Å². The molecule has 1 saturated heterocycles. The number of hydrogen-bond acceptors (Lipinski definition) is 2. The molecule has 0 aliphatic carbocycles. The highest BCUT2D eigenvalue weighted by Crippen LogP contribution is 2.34. The van der Waals surface area contributed by atoms with E-state index in [1.807, 2.05) is 0 Å². The maximum absolute atomic E-state index is 13.0. The van der Waals surface area contributed by atoms with E-state index in [2.05, 4.69) is 10.6 Å². The molecule has 0 aromatic heterocycles. The van der Waals surface area contributed by atoms with Gasteiger partial charge in [-0.3, -0.25) is 4.79 Å². The summed E-state index contributed by atoms with van der Waals surface area (Å²) in [6.07, 6.45) is -2.17. The highest BCUT2D eigenvalue weighted by atomic mass is 19.4. The third-order valence-corrected chi connectivity index (χ3v) is 4.04. The fraction of sp³-hybridized carbons (Fsp3) is 0.562. The van der Waals surface area contributed by atoms with Gasteiger partial charge in [-0.25, -0.2) is 0 Å². The van der Waals surface area contributed by atoms with Gasteiger partial charge in [0.15, 0.2) is 0 Å². The number of nitrogens with one attached hydrogen (secondary N) is 2. The Bertz CT molecular complexity index is 510. The Balaban J connectivity index is 1.99. The van der Waals surface area contributed by atoms with Crippen LogP contribution in [0.5, 0.6) is 0 Å². The maximum Gasteiger partial charge on any atom is 0.416 e. The van der Waals surface area contributed by atoms with Gasteiger partial charge in [0.25, 0.3) is 0 Å². The number of hydrogen-bond donors (Lipinski definition) is 2. The third kappa shape index (κ3) is 4.47. The van der Waals surface area contributed by atoms with Gasteiger partial charge in [-0.05, 0) is 50.4 Å². The number of amides is 1. The first-order valence-electron chi connectivity index (χ1n) is 7.54. The number of carbonyl (C=O) groups excluding carboxylic acids is 1. The summed E-state index contributed by atoms with van der Waals surface area (Å²) in [5, 5.41) is 5.92. The topological polar surface area (TPSA) is 41.1 Å². The minimum atomic E-state index is -4.41. The van der Waals surface area contributed by atoms with Gasteiger partial charge in [-0.15, -0.1) is 0 Å². The van der Waals surface area contributed by atoms with E-state index in [4.69, 9.17) is 0 Å². The molecular formula is C16H21F3N2O. The molecule has 0 radical (unpaired) electrons. The van der Waals surface area contributed by atoms with E-state index in [-0.39, 0.29) is 11.5 Å². The zero-order chi connectivity index (χ0) is 16.2. The molecule has 122 valence electrons. The number of rotatable bonds is 4. The summed E-state index contributed by atoms with van der Waals surface area (Å²) in [5.41, 5.74) is -0.585. The minimum absolute atomic E-state index is 0.105. The molecule has 3 nitrogen and oxygen atoms in total. The lowest BCUT2D eigenvalue weighted by atomic mass is 9.94. The van der Waals surface area contributed by atoms with E-state index < -0.39 is 17.8 Å². The zero-order valence-corrected chi connectivity index (χ0v) is 12.5. The standard InChI is InChI=1S/C16H21F3N2O/c1-11(13-4-2-3-5-14(13)16(17,18)19)21-15(22)10-12-6-8-20-9-7-12/h2-5,11-12,20H,6-10H2,1H3,(H,21,22)/t11-/m0/s1. The number of carbonyl (C=O) groups is 1. The Kier molecular flexibility index (Phi) is 5.45. The summed E-state index contributed by atoms with van der Waals surface area (Å²) in [6.45, 7) is 3.37. The zero-order valence-electron chi connectivity index (χ0n) is 12.5. The van der Waals surface area contributed by atoms with Crippen LogP contribution in [0.15, 0.2) is 24.3 Å². The van der Waals surface area contributed by atoms with Gasteiger partial charge in [0.2, 0.25) is 5.91 Å². The van der Waals surface area contributed by atoms with Crippen LogP contribution in [0.3, 0.4) is 0 Å². The molecule has 1 aliphatic heterocycles. The van der Waals surface area contributed by atoms with E-state index in [0.717, 1.165) is 32.0 Å². The van der Waals surface area contributed by atoms with Gasteiger partial charge >= 0.3 is 6.18 Å². The van der Waals surface area contributed by atoms with Crippen molar-refractivity contribution in [2.75, 3.05) is 13.1 Å². The van der Waals surface area contributed by atoms with Crippen molar-refractivity contribution in [3.8, 4) is 0 Å². The van der Waals surface area contributed by atoms with Crippen LogP contribution in [-0.2, 0) is 11.0 Å². The van der Waals surface area contributed by atoms with Gasteiger partial charge in [-0.1, -0.05) is 18.2 Å². The van der Waals surface area contributed by atoms with Crippen molar-refractivity contribution < 1.29 is 18.0 Å². The second kappa shape index (κ2) is 7.13. The first-order chi connectivity index (χ1) is 10.4. The highest BCUT2D eigenvalue weighted by Gasteiger charge is 2.34. The van der Waals surface area contributed by atoms with E-state index in [0.29, 0.717) is 12.3 Å². The van der Waals surface area contributed by atoms with Crippen molar-refractivity contribution in [3.05, 3.63) is 35.4 Å². The molecule has 0 spiro atoms. The van der Waals surface area contributed by atoms with Crippen molar-refractivity contribution in [2.24, 2.45) is 5.92 Å². The average Bonchev–Trinajstić information content (AvgIpc) is 2.47. The molecule has 1 fully saturated rings. The van der Waals surface area contributed by atoms with Gasteiger partial charge < -0.3 is 10.6 Å². The Labute approximate surface area is 128 Å². The van der Waals surface area contributed by atoms with Crippen LogP contribution in [-0.4, -0.2) is 19.0 Å². The normalized spacial score (nSPS) is 18.0. The fourth-order valence-electron chi connectivity index (χ4n) is 2.86. The van der Waals surface area contributed by atoms with Gasteiger partial charge in [0, 0.05) is 6.42 Å². The van der Waals surface area contributed by atoms with E-state index >= 15 is 0 Å². The lowest BCUT2D eigenvalue weighted by Crippen LogP contribution is -2.33. The van der Waals surface area contributed by atoms with Crippen LogP contribution >= 0.6 is 0 Å². The second-order valence-electron chi connectivity index (χ2n) is 5.77. The summed E-state index contributed by atoms with van der Waals surface area (Å²) in [5.74, 6) is 0.127. The molecule has 1 heterocycles. The third-order valence-electron chi connectivity index (χ3n) is 4.04. The molecule has 22 heavy (non-hydrogen) atoms. The van der Waals surface area contributed by atoms with Crippen LogP contribution < -0.4 is 10.6 Å². The maximum atomic E-state index is 13.0. The van der Waals surface area contributed by atoms with Crippen molar-refractivity contribution in [1.82, 2.24) is 10.6 Å². The summed E-state index contributed by atoms with van der Waals surface area (Å²) in [4.78, 5) is 12.0. The molecule has 1 atom stereocenters. The second-order valence-corrected chi connectivity index (χ2v) is 5.77. The van der Waals surface area contributed by atoms with Crippen LogP contribution in [0, 0.1) is 5.92 Å². The Morgan fingerprint density at radius 3 is 2.59 bits per heavy atom. The quantitative estimate of drug-likeness (QED) is 0.895. The molecule has 0 unspecified atom stereocenters. The predicted octanol–water partition coefficient (Wildman–Crippen LogP) is 3.27. The lowest BCUT2D eigenvalue weighted by Gasteiger charge is -2.24. The fourth-order valence-corrected chi connectivity index (χ4v) is 2.86. The number of piperidine rings is 1. The van der Waals surface area contributed by atoms with Crippen LogP contribution in [0.2, 0.25) is 0 Å². The molecule has 2 N–H and O–H groups in total. The molecule has 1 aliphatic rings. The van der Waals surface area contributed by atoms with Crippen molar-refractivity contribution in [1.29, 1.82) is 0 Å². The van der Waals surface area contributed by atoms with E-state index in [9.17, 15) is 18.0 Å². The average molecular weight is 314 g/mol. The van der Waals surface area contributed by atoms with Crippen LogP contribution in [0.25, 0.3) is 0 Å². The number of halogens is 3. The van der Waals surface area contributed by atoms with Crippen LogP contribution in [0.4, 0.5) is 13.2 Å². The van der Waals surface area contributed by atoms with Gasteiger partial charge in [0.1, 0.15) is 0 Å². The molecule has 0 bridgehead atoms. The first-order valence-corrected chi connectivity index (χ1v) is 7.54. The minimum Gasteiger partial charge on any atom is -0.350 e. The molecule has 0 saturated carbocycles. The molecule has 1 aromatic rings. The smallest absolute Gasteiger partial charge is 0.350 e. The molecule has 1 aromatic carbocycles. The lowest BCUT2D eigenvalue weighted by molar-refractivity contribution is -0.138. The van der Waals surface area contributed by atoms with Crippen molar-refractivity contribution in [3.63, 3.8) is 0 Å². The van der Waals surface area contributed by atoms with E-state index in [1.165, 1.54) is 12.1 Å². The van der Waals surface area contributed by atoms with Gasteiger partial charge in [-0.2, -0.15) is 13.2 Å². The summed E-state index contributed by atoms with van der Waals surface area (Å²) >= 11 is 0. The van der Waals surface area contributed by atoms with Crippen LogP contribution in [0.1, 0.15) is 43.4 Å². The van der Waals surface area contributed by atoms with Crippen molar-refractivity contribution in [2.45, 2.75) is 38.4 Å². The van der Waals surface area contributed by atoms with Crippen molar-refractivity contribution >= 4 is 5.91 Å². The molecular weight excluding hydrogens is 293 g/mol. The Morgan fingerprint density at radius 2 is 1.95 bits per heavy atom. The predicted molar refractivity (Wildman–Crippen MR) is 78.2 cm³/mol.